The number of morpholine rings is 1. The van der Waals surface area contributed by atoms with Crippen LogP contribution in [0.4, 0.5) is 0 Å². The molecule has 19 heavy (non-hydrogen) atoms. The third kappa shape index (κ3) is 4.45. The fourth-order valence-corrected chi connectivity index (χ4v) is 2.43. The zero-order valence-corrected chi connectivity index (χ0v) is 12.7. The van der Waals surface area contributed by atoms with Gasteiger partial charge in [-0.05, 0) is 19.1 Å². The molecule has 5 heteroatoms. The van der Waals surface area contributed by atoms with Gasteiger partial charge in [0.1, 0.15) is 12.4 Å². The Labute approximate surface area is 122 Å². The number of aliphatic hydroxyl groups excluding tert-OH is 1. The van der Waals surface area contributed by atoms with Crippen molar-refractivity contribution in [3.8, 4) is 5.75 Å². The van der Waals surface area contributed by atoms with E-state index in [4.69, 9.17) is 9.47 Å². The molecule has 1 fully saturated rings. The summed E-state index contributed by atoms with van der Waals surface area (Å²) in [4.78, 5) is 2.32. The van der Waals surface area contributed by atoms with E-state index in [1.807, 2.05) is 18.2 Å². The highest BCUT2D eigenvalue weighted by atomic mass is 79.9. The molecule has 106 valence electrons. The Hall–Kier alpha value is -0.620. The minimum absolute atomic E-state index is 0.522. The van der Waals surface area contributed by atoms with Gasteiger partial charge in [0, 0.05) is 29.7 Å². The van der Waals surface area contributed by atoms with E-state index in [-0.39, 0.29) is 0 Å². The van der Waals surface area contributed by atoms with Crippen molar-refractivity contribution in [1.82, 2.24) is 4.90 Å². The highest BCUT2D eigenvalue weighted by molar-refractivity contribution is 9.10. The molecule has 1 atom stereocenters. The minimum atomic E-state index is -0.522. The van der Waals surface area contributed by atoms with Crippen LogP contribution in [0.3, 0.4) is 0 Å². The van der Waals surface area contributed by atoms with Gasteiger partial charge >= 0.3 is 0 Å². The molecule has 1 N–H and O–H groups in total. The molecular weight excluding hydrogens is 310 g/mol. The minimum Gasteiger partial charge on any atom is -0.492 e. The lowest BCUT2D eigenvalue weighted by molar-refractivity contribution is 0.0320. The van der Waals surface area contributed by atoms with Crippen LogP contribution in [-0.2, 0) is 4.74 Å². The topological polar surface area (TPSA) is 41.9 Å². The fraction of sp³-hybridized carbons (Fsp3) is 0.571. The Morgan fingerprint density at radius 1 is 1.42 bits per heavy atom. The summed E-state index contributed by atoms with van der Waals surface area (Å²) >= 11 is 3.43. The van der Waals surface area contributed by atoms with Gasteiger partial charge in [-0.1, -0.05) is 22.0 Å². The van der Waals surface area contributed by atoms with Crippen LogP contribution in [0.15, 0.2) is 22.7 Å². The lowest BCUT2D eigenvalue weighted by Crippen LogP contribution is -2.38. The Kier molecular flexibility index (Phi) is 5.63. The number of hydrogen-bond donors (Lipinski definition) is 1. The zero-order chi connectivity index (χ0) is 13.7. The van der Waals surface area contributed by atoms with Gasteiger partial charge in [-0.2, -0.15) is 0 Å². The van der Waals surface area contributed by atoms with E-state index in [0.717, 1.165) is 48.6 Å². The standard InChI is InChI=1S/C14H20BrNO3/c1-11(17)13-3-2-12(15)10-14(13)19-9-6-16-4-7-18-8-5-16/h2-3,10-11,17H,4-9H2,1H3. The highest BCUT2D eigenvalue weighted by Crippen LogP contribution is 2.28. The maximum absolute atomic E-state index is 9.72. The van der Waals surface area contributed by atoms with Gasteiger partial charge in [0.05, 0.1) is 19.3 Å². The van der Waals surface area contributed by atoms with Crippen LogP contribution in [0, 0.1) is 0 Å². The normalized spacial score (nSPS) is 18.3. The largest absolute Gasteiger partial charge is 0.492 e. The van der Waals surface area contributed by atoms with E-state index in [1.165, 1.54) is 0 Å². The van der Waals surface area contributed by atoms with E-state index in [1.54, 1.807) is 6.92 Å². The number of rotatable bonds is 5. The molecule has 1 unspecified atom stereocenters. The van der Waals surface area contributed by atoms with Crippen molar-refractivity contribution in [2.75, 3.05) is 39.5 Å². The van der Waals surface area contributed by atoms with Gasteiger partial charge < -0.3 is 14.6 Å². The Bertz CT molecular complexity index is 406. The molecule has 1 aliphatic rings. The number of nitrogens with zero attached hydrogens (tertiary/aromatic N) is 1. The molecule has 0 spiro atoms. The molecule has 2 rings (SSSR count). The number of aliphatic hydroxyl groups is 1. The third-order valence-electron chi connectivity index (χ3n) is 3.19. The smallest absolute Gasteiger partial charge is 0.126 e. The van der Waals surface area contributed by atoms with Gasteiger partial charge in [-0.3, -0.25) is 4.90 Å². The van der Waals surface area contributed by atoms with Crippen molar-refractivity contribution < 1.29 is 14.6 Å². The van der Waals surface area contributed by atoms with Crippen LogP contribution in [0.1, 0.15) is 18.6 Å². The van der Waals surface area contributed by atoms with E-state index in [0.29, 0.717) is 6.61 Å². The first kappa shape index (κ1) is 14.8. The van der Waals surface area contributed by atoms with Crippen molar-refractivity contribution in [3.63, 3.8) is 0 Å². The number of hydrogen-bond acceptors (Lipinski definition) is 4. The van der Waals surface area contributed by atoms with E-state index >= 15 is 0 Å². The van der Waals surface area contributed by atoms with Crippen LogP contribution in [0.5, 0.6) is 5.75 Å². The van der Waals surface area contributed by atoms with Gasteiger partial charge in [-0.15, -0.1) is 0 Å². The molecule has 0 amide bonds. The zero-order valence-electron chi connectivity index (χ0n) is 11.1. The second-order valence-corrected chi connectivity index (χ2v) is 5.58. The van der Waals surface area contributed by atoms with Gasteiger partial charge in [-0.25, -0.2) is 0 Å². The summed E-state index contributed by atoms with van der Waals surface area (Å²) in [5.41, 5.74) is 0.824. The van der Waals surface area contributed by atoms with Crippen molar-refractivity contribution in [2.24, 2.45) is 0 Å². The van der Waals surface area contributed by atoms with E-state index < -0.39 is 6.10 Å². The van der Waals surface area contributed by atoms with Crippen LogP contribution >= 0.6 is 15.9 Å². The highest BCUT2D eigenvalue weighted by Gasteiger charge is 2.12. The van der Waals surface area contributed by atoms with Gasteiger partial charge in [0.15, 0.2) is 0 Å². The maximum Gasteiger partial charge on any atom is 0.126 e. The SMILES string of the molecule is CC(O)c1ccc(Br)cc1OCCN1CCOCC1. The molecule has 0 aromatic heterocycles. The molecule has 1 heterocycles. The quantitative estimate of drug-likeness (QED) is 0.899. The van der Waals surface area contributed by atoms with Crippen LogP contribution in [0.25, 0.3) is 0 Å². The summed E-state index contributed by atoms with van der Waals surface area (Å²) in [5.74, 6) is 0.748. The molecular formula is C14H20BrNO3. The number of ether oxygens (including phenoxy) is 2. The summed E-state index contributed by atoms with van der Waals surface area (Å²) in [5, 5.41) is 9.72. The molecule has 1 aromatic carbocycles. The lowest BCUT2D eigenvalue weighted by atomic mass is 10.1. The van der Waals surface area contributed by atoms with Crippen LogP contribution in [-0.4, -0.2) is 49.5 Å². The summed E-state index contributed by atoms with van der Waals surface area (Å²) in [6, 6.07) is 5.71. The van der Waals surface area contributed by atoms with E-state index in [2.05, 4.69) is 20.8 Å². The van der Waals surface area contributed by atoms with Crippen molar-refractivity contribution in [2.45, 2.75) is 13.0 Å². The van der Waals surface area contributed by atoms with Crippen molar-refractivity contribution in [1.29, 1.82) is 0 Å². The van der Waals surface area contributed by atoms with Gasteiger partial charge in [0.2, 0.25) is 0 Å². The summed E-state index contributed by atoms with van der Waals surface area (Å²) in [7, 11) is 0. The van der Waals surface area contributed by atoms with Crippen molar-refractivity contribution >= 4 is 15.9 Å². The summed E-state index contributed by atoms with van der Waals surface area (Å²) in [6.45, 7) is 6.78. The summed E-state index contributed by atoms with van der Waals surface area (Å²) in [6.07, 6.45) is -0.522. The second-order valence-electron chi connectivity index (χ2n) is 4.66. The average molecular weight is 330 g/mol. The summed E-state index contributed by atoms with van der Waals surface area (Å²) < 4.78 is 12.1. The molecule has 1 aliphatic heterocycles. The van der Waals surface area contributed by atoms with E-state index in [9.17, 15) is 5.11 Å². The Balaban J connectivity index is 1.89. The first-order valence-electron chi connectivity index (χ1n) is 6.57. The average Bonchev–Trinajstić information content (AvgIpc) is 2.39. The predicted molar refractivity (Wildman–Crippen MR) is 77.5 cm³/mol. The molecule has 0 saturated carbocycles. The van der Waals surface area contributed by atoms with Crippen LogP contribution < -0.4 is 4.74 Å². The lowest BCUT2D eigenvalue weighted by Gasteiger charge is -2.26. The van der Waals surface area contributed by atoms with Gasteiger partial charge in [0.25, 0.3) is 0 Å². The molecule has 0 bridgehead atoms. The fourth-order valence-electron chi connectivity index (χ4n) is 2.09. The molecule has 0 aliphatic carbocycles. The Morgan fingerprint density at radius 3 is 2.84 bits per heavy atom. The molecule has 1 saturated heterocycles. The van der Waals surface area contributed by atoms with Crippen LogP contribution in [0.2, 0.25) is 0 Å². The number of benzene rings is 1. The first-order valence-corrected chi connectivity index (χ1v) is 7.36. The monoisotopic (exact) mass is 329 g/mol. The molecule has 0 radical (unpaired) electrons. The maximum atomic E-state index is 9.72. The molecule has 1 aromatic rings. The first-order chi connectivity index (χ1) is 9.16. The number of halogens is 1. The molecule has 4 nitrogen and oxygen atoms in total. The predicted octanol–water partition coefficient (Wildman–Crippen LogP) is 2.21. The van der Waals surface area contributed by atoms with Crippen molar-refractivity contribution in [3.05, 3.63) is 28.2 Å². The third-order valence-corrected chi connectivity index (χ3v) is 3.69. The Morgan fingerprint density at radius 2 is 2.16 bits per heavy atom. The second kappa shape index (κ2) is 7.24.